The van der Waals surface area contributed by atoms with Gasteiger partial charge < -0.3 is 21.1 Å². The maximum atomic E-state index is 10.6. The van der Waals surface area contributed by atoms with E-state index in [1.807, 2.05) is 0 Å². The molecule has 1 aromatic carbocycles. The summed E-state index contributed by atoms with van der Waals surface area (Å²) in [5, 5.41) is 24.0. The Morgan fingerprint density at radius 2 is 2.17 bits per heavy atom. The Morgan fingerprint density at radius 1 is 1.35 bits per heavy atom. The molecule has 0 aliphatic heterocycles. The van der Waals surface area contributed by atoms with Gasteiger partial charge >= 0.3 is 0 Å². The Morgan fingerprint density at radius 3 is 2.83 bits per heavy atom. The fraction of sp³-hybridized carbons (Fsp3) is 0.333. The van der Waals surface area contributed by atoms with Crippen molar-refractivity contribution in [3.05, 3.63) is 33.3 Å². The van der Waals surface area contributed by atoms with Crippen LogP contribution in [-0.4, -0.2) is 41.5 Å². The van der Waals surface area contributed by atoms with Crippen molar-refractivity contribution in [1.29, 1.82) is 0 Å². The summed E-state index contributed by atoms with van der Waals surface area (Å²) in [6, 6.07) is 4.28. The van der Waals surface area contributed by atoms with Crippen LogP contribution >= 0.6 is 11.6 Å². The molecule has 0 unspecified atom stereocenters. The minimum absolute atomic E-state index is 0.0440. The average molecular weight is 343 g/mol. The standard InChI is InChI=1S/C12H15ClN6O4/c13-9-7-8(19(20)21)1-2-10(9)16-4-3-15-5-6-22-12-11(14)17-23-18-12/h1-2,7,15-16H,3-6H2,(H2,14,17). The molecule has 1 aromatic heterocycles. The summed E-state index contributed by atoms with van der Waals surface area (Å²) in [6.07, 6.45) is 0. The summed E-state index contributed by atoms with van der Waals surface area (Å²) in [5.74, 6) is 0.280. The van der Waals surface area contributed by atoms with E-state index < -0.39 is 4.92 Å². The van der Waals surface area contributed by atoms with E-state index in [0.717, 1.165) is 0 Å². The normalized spacial score (nSPS) is 10.5. The Bertz CT molecular complexity index is 665. The number of nitrogens with one attached hydrogen (secondary N) is 2. The van der Waals surface area contributed by atoms with Crippen LogP contribution in [0.15, 0.2) is 22.8 Å². The van der Waals surface area contributed by atoms with Crippen molar-refractivity contribution in [3.63, 3.8) is 0 Å². The number of benzene rings is 1. The van der Waals surface area contributed by atoms with Gasteiger partial charge in [0.2, 0.25) is 5.82 Å². The van der Waals surface area contributed by atoms with Crippen LogP contribution < -0.4 is 21.1 Å². The summed E-state index contributed by atoms with van der Waals surface area (Å²) in [6.45, 7) is 2.16. The predicted octanol–water partition coefficient (Wildman–Crippen LogP) is 1.29. The number of hydrogen-bond donors (Lipinski definition) is 3. The van der Waals surface area contributed by atoms with Crippen LogP contribution in [0.1, 0.15) is 0 Å². The van der Waals surface area contributed by atoms with Gasteiger partial charge in [0.05, 0.1) is 15.6 Å². The number of halogens is 1. The number of nitrogens with two attached hydrogens (primary N) is 1. The molecule has 0 spiro atoms. The highest BCUT2D eigenvalue weighted by atomic mass is 35.5. The zero-order chi connectivity index (χ0) is 16.7. The van der Waals surface area contributed by atoms with E-state index >= 15 is 0 Å². The van der Waals surface area contributed by atoms with E-state index in [9.17, 15) is 10.1 Å². The molecule has 0 radical (unpaired) electrons. The van der Waals surface area contributed by atoms with Gasteiger partial charge in [-0.25, -0.2) is 4.63 Å². The summed E-state index contributed by atoms with van der Waals surface area (Å²) in [4.78, 5) is 10.1. The molecule has 124 valence electrons. The van der Waals surface area contributed by atoms with Crippen molar-refractivity contribution in [1.82, 2.24) is 15.6 Å². The third-order valence-electron chi connectivity index (χ3n) is 2.78. The van der Waals surface area contributed by atoms with Crippen molar-refractivity contribution in [3.8, 4) is 5.88 Å². The molecule has 0 atom stereocenters. The lowest BCUT2D eigenvalue weighted by molar-refractivity contribution is -0.384. The molecule has 23 heavy (non-hydrogen) atoms. The van der Waals surface area contributed by atoms with Crippen LogP contribution in [0, 0.1) is 10.1 Å². The van der Waals surface area contributed by atoms with Crippen molar-refractivity contribution in [2.24, 2.45) is 0 Å². The molecule has 0 saturated heterocycles. The van der Waals surface area contributed by atoms with Crippen molar-refractivity contribution in [2.45, 2.75) is 0 Å². The van der Waals surface area contributed by atoms with Gasteiger partial charge in [-0.15, -0.1) is 0 Å². The van der Waals surface area contributed by atoms with Gasteiger partial charge in [-0.3, -0.25) is 10.1 Å². The molecule has 2 rings (SSSR count). The number of non-ortho nitro benzene ring substituents is 1. The molecule has 1 heterocycles. The van der Waals surface area contributed by atoms with Gasteiger partial charge in [-0.1, -0.05) is 11.6 Å². The fourth-order valence-electron chi connectivity index (χ4n) is 1.68. The van der Waals surface area contributed by atoms with Crippen molar-refractivity contribution < 1.29 is 14.3 Å². The summed E-state index contributed by atoms with van der Waals surface area (Å²) in [7, 11) is 0. The number of hydrogen-bond acceptors (Lipinski definition) is 9. The molecule has 4 N–H and O–H groups in total. The first kappa shape index (κ1) is 16.8. The molecule has 0 amide bonds. The smallest absolute Gasteiger partial charge is 0.300 e. The zero-order valence-corrected chi connectivity index (χ0v) is 12.7. The van der Waals surface area contributed by atoms with E-state index in [4.69, 9.17) is 22.1 Å². The fourth-order valence-corrected chi connectivity index (χ4v) is 1.92. The van der Waals surface area contributed by atoms with E-state index in [1.165, 1.54) is 12.1 Å². The number of nitrogens with zero attached hydrogens (tertiary/aromatic N) is 3. The molecule has 0 bridgehead atoms. The first-order valence-electron chi connectivity index (χ1n) is 6.67. The van der Waals surface area contributed by atoms with Gasteiger partial charge in [-0.05, 0) is 16.4 Å². The maximum absolute atomic E-state index is 10.6. The molecule has 2 aromatic rings. The minimum Gasteiger partial charge on any atom is -0.471 e. The van der Waals surface area contributed by atoms with Gasteiger partial charge in [0.25, 0.3) is 11.6 Å². The highest BCUT2D eigenvalue weighted by molar-refractivity contribution is 6.33. The van der Waals surface area contributed by atoms with E-state index in [0.29, 0.717) is 37.0 Å². The first-order chi connectivity index (χ1) is 11.1. The summed E-state index contributed by atoms with van der Waals surface area (Å²) >= 11 is 5.97. The summed E-state index contributed by atoms with van der Waals surface area (Å²) in [5.41, 5.74) is 6.03. The molecular weight excluding hydrogens is 328 g/mol. The van der Waals surface area contributed by atoms with E-state index in [-0.39, 0.29) is 17.4 Å². The monoisotopic (exact) mass is 342 g/mol. The number of anilines is 2. The van der Waals surface area contributed by atoms with Crippen LogP contribution in [0.5, 0.6) is 5.88 Å². The molecule has 0 aliphatic carbocycles. The Balaban J connectivity index is 1.62. The highest BCUT2D eigenvalue weighted by Gasteiger charge is 2.09. The molecule has 0 saturated carbocycles. The molecule has 10 nitrogen and oxygen atoms in total. The topological polar surface area (TPSA) is 141 Å². The van der Waals surface area contributed by atoms with E-state index in [2.05, 4.69) is 25.6 Å². The third-order valence-corrected chi connectivity index (χ3v) is 3.09. The van der Waals surface area contributed by atoms with Crippen LogP contribution in [0.4, 0.5) is 17.2 Å². The second kappa shape index (κ2) is 8.15. The van der Waals surface area contributed by atoms with Crippen molar-refractivity contribution in [2.75, 3.05) is 37.3 Å². The lowest BCUT2D eigenvalue weighted by Gasteiger charge is -2.09. The van der Waals surface area contributed by atoms with Crippen LogP contribution in [-0.2, 0) is 0 Å². The number of nitro groups is 1. The maximum Gasteiger partial charge on any atom is 0.300 e. The Labute approximate surface area is 136 Å². The first-order valence-corrected chi connectivity index (χ1v) is 7.05. The molecule has 0 aliphatic rings. The molecule has 11 heteroatoms. The Kier molecular flexibility index (Phi) is 5.94. The second-order valence-corrected chi connectivity index (χ2v) is 4.81. The van der Waals surface area contributed by atoms with Gasteiger partial charge in [0.1, 0.15) is 6.61 Å². The molecule has 0 fully saturated rings. The number of ether oxygens (including phenoxy) is 1. The number of nitrogen functional groups attached to an aromatic ring is 1. The van der Waals surface area contributed by atoms with E-state index in [1.54, 1.807) is 6.07 Å². The van der Waals surface area contributed by atoms with Gasteiger partial charge in [-0.2, -0.15) is 0 Å². The van der Waals surface area contributed by atoms with Crippen LogP contribution in [0.2, 0.25) is 5.02 Å². The second-order valence-electron chi connectivity index (χ2n) is 4.40. The van der Waals surface area contributed by atoms with Gasteiger partial charge in [0.15, 0.2) is 0 Å². The number of nitro benzene ring substituents is 1. The largest absolute Gasteiger partial charge is 0.471 e. The summed E-state index contributed by atoms with van der Waals surface area (Å²) < 4.78 is 9.63. The molecular formula is C12H15ClN6O4. The number of aromatic nitrogens is 2. The lowest BCUT2D eigenvalue weighted by Crippen LogP contribution is -2.26. The number of rotatable bonds is 9. The van der Waals surface area contributed by atoms with Gasteiger partial charge in [0, 0.05) is 31.8 Å². The van der Waals surface area contributed by atoms with Crippen molar-refractivity contribution >= 4 is 28.8 Å². The third kappa shape index (κ3) is 4.97. The lowest BCUT2D eigenvalue weighted by atomic mass is 10.3. The zero-order valence-electron chi connectivity index (χ0n) is 12.0. The van der Waals surface area contributed by atoms with Crippen LogP contribution in [0.3, 0.4) is 0 Å². The SMILES string of the molecule is Nc1nonc1OCCNCCNc1ccc([N+](=O)[O-])cc1Cl. The Hall–Kier alpha value is -2.59. The quantitative estimate of drug-likeness (QED) is 0.349. The minimum atomic E-state index is -0.492. The predicted molar refractivity (Wildman–Crippen MR) is 83.7 cm³/mol. The van der Waals surface area contributed by atoms with Crippen LogP contribution in [0.25, 0.3) is 0 Å². The highest BCUT2D eigenvalue weighted by Crippen LogP contribution is 2.26. The average Bonchev–Trinajstić information content (AvgIpc) is 2.92.